The number of aryl methyl sites for hydroxylation is 1. The zero-order valence-corrected chi connectivity index (χ0v) is 14.4. The lowest BCUT2D eigenvalue weighted by Gasteiger charge is -2.02. The Kier molecular flexibility index (Phi) is 3.69. The quantitative estimate of drug-likeness (QED) is 0.787. The summed E-state index contributed by atoms with van der Waals surface area (Å²) in [6.45, 7) is 2.10. The van der Waals surface area contributed by atoms with Crippen LogP contribution < -0.4 is 5.32 Å². The molecule has 2 unspecified atom stereocenters. The number of amides is 1. The Morgan fingerprint density at radius 1 is 1.33 bits per heavy atom. The summed E-state index contributed by atoms with van der Waals surface area (Å²) in [6.07, 6.45) is 4.65. The van der Waals surface area contributed by atoms with Gasteiger partial charge in [-0.15, -0.1) is 0 Å². The average Bonchev–Trinajstić information content (AvgIpc) is 2.97. The number of hydrogen-bond acceptors (Lipinski definition) is 4. The molecular weight excluding hydrogens is 320 g/mol. The third-order valence-electron chi connectivity index (χ3n) is 4.38. The number of aromatic nitrogens is 3. The Morgan fingerprint density at radius 2 is 2.08 bits per heavy atom. The second kappa shape index (κ2) is 5.87. The van der Waals surface area contributed by atoms with Crippen LogP contribution in [0.4, 0.5) is 5.13 Å². The molecule has 24 heavy (non-hydrogen) atoms. The molecule has 1 amide bonds. The van der Waals surface area contributed by atoms with Crippen molar-refractivity contribution in [3.05, 3.63) is 42.7 Å². The van der Waals surface area contributed by atoms with E-state index in [1.165, 1.54) is 11.3 Å². The maximum Gasteiger partial charge on any atom is 0.229 e. The lowest BCUT2D eigenvalue weighted by molar-refractivity contribution is -0.117. The van der Waals surface area contributed by atoms with Crippen molar-refractivity contribution >= 4 is 22.4 Å². The van der Waals surface area contributed by atoms with E-state index in [0.29, 0.717) is 11.0 Å². The van der Waals surface area contributed by atoms with Crippen molar-refractivity contribution in [3.8, 4) is 22.0 Å². The number of anilines is 1. The summed E-state index contributed by atoms with van der Waals surface area (Å²) in [5, 5.41) is 3.61. The summed E-state index contributed by atoms with van der Waals surface area (Å²) in [5.74, 6) is 1.53. The van der Waals surface area contributed by atoms with Crippen LogP contribution in [0.2, 0.25) is 0 Å². The van der Waals surface area contributed by atoms with Gasteiger partial charge in [-0.25, -0.2) is 9.97 Å². The zero-order chi connectivity index (χ0) is 16.7. The van der Waals surface area contributed by atoms with Crippen LogP contribution in [0.5, 0.6) is 0 Å². The van der Waals surface area contributed by atoms with E-state index in [0.717, 1.165) is 28.4 Å². The van der Waals surface area contributed by atoms with Crippen molar-refractivity contribution in [3.63, 3.8) is 0 Å². The van der Waals surface area contributed by atoms with Gasteiger partial charge < -0.3 is 9.88 Å². The van der Waals surface area contributed by atoms with Gasteiger partial charge in [0.05, 0.1) is 10.6 Å². The summed E-state index contributed by atoms with van der Waals surface area (Å²) < 4.78 is 1.97. The van der Waals surface area contributed by atoms with E-state index in [-0.39, 0.29) is 11.8 Å². The van der Waals surface area contributed by atoms with E-state index in [9.17, 15) is 4.79 Å². The number of nitrogens with one attached hydrogen (secondary N) is 1. The number of rotatable bonds is 4. The molecule has 0 saturated heterocycles. The average molecular weight is 338 g/mol. The maximum absolute atomic E-state index is 12.2. The molecule has 0 spiro atoms. The van der Waals surface area contributed by atoms with Gasteiger partial charge in [-0.2, -0.15) is 0 Å². The van der Waals surface area contributed by atoms with Crippen LogP contribution in [0.15, 0.2) is 42.7 Å². The molecule has 1 fully saturated rings. The lowest BCUT2D eigenvalue weighted by atomic mass is 10.1. The van der Waals surface area contributed by atoms with Crippen molar-refractivity contribution in [2.45, 2.75) is 13.3 Å². The Labute approximate surface area is 144 Å². The van der Waals surface area contributed by atoms with E-state index in [1.807, 2.05) is 48.1 Å². The first-order valence-electron chi connectivity index (χ1n) is 7.98. The Hall–Kier alpha value is -2.47. The first-order chi connectivity index (χ1) is 11.6. The molecule has 1 N–H and O–H groups in total. The van der Waals surface area contributed by atoms with Gasteiger partial charge in [-0.3, -0.25) is 4.79 Å². The molecule has 0 bridgehead atoms. The van der Waals surface area contributed by atoms with Crippen molar-refractivity contribution in [1.82, 2.24) is 14.5 Å². The topological polar surface area (TPSA) is 59.8 Å². The number of nitrogens with zero attached hydrogens (tertiary/aromatic N) is 3. The molecule has 1 saturated carbocycles. The second-order valence-corrected chi connectivity index (χ2v) is 7.23. The smallest absolute Gasteiger partial charge is 0.229 e. The standard InChI is InChI=1S/C18H18N4OS/c1-11-10-13(11)17(23)21-18-20-14(12-6-4-3-5-7-12)15(24-18)16-19-8-9-22(16)2/h3-9,11,13H,10H2,1-2H3,(H,20,21,23). The van der Waals surface area contributed by atoms with E-state index in [4.69, 9.17) is 0 Å². The van der Waals surface area contributed by atoms with Crippen molar-refractivity contribution < 1.29 is 4.79 Å². The lowest BCUT2D eigenvalue weighted by Crippen LogP contribution is -2.14. The highest BCUT2D eigenvalue weighted by molar-refractivity contribution is 7.19. The molecule has 3 aromatic rings. The van der Waals surface area contributed by atoms with Gasteiger partial charge in [0.2, 0.25) is 5.91 Å². The Balaban J connectivity index is 1.74. The van der Waals surface area contributed by atoms with Gasteiger partial charge >= 0.3 is 0 Å². The summed E-state index contributed by atoms with van der Waals surface area (Å²) in [5.41, 5.74) is 1.88. The summed E-state index contributed by atoms with van der Waals surface area (Å²) in [7, 11) is 1.96. The fourth-order valence-corrected chi connectivity index (χ4v) is 3.82. The SMILES string of the molecule is CC1CC1C(=O)Nc1nc(-c2ccccc2)c(-c2nccn2C)s1. The fraction of sp³-hybridized carbons (Fsp3) is 0.278. The van der Waals surface area contributed by atoms with E-state index < -0.39 is 0 Å². The second-order valence-electron chi connectivity index (χ2n) is 6.23. The minimum absolute atomic E-state index is 0.0715. The number of hydrogen-bond donors (Lipinski definition) is 1. The molecule has 2 atom stereocenters. The number of carbonyl (C=O) groups is 1. The monoisotopic (exact) mass is 338 g/mol. The summed E-state index contributed by atoms with van der Waals surface area (Å²) in [4.78, 5) is 22.3. The van der Waals surface area contributed by atoms with Gasteiger partial charge in [-0.1, -0.05) is 48.6 Å². The third-order valence-corrected chi connectivity index (χ3v) is 5.34. The normalized spacial score (nSPS) is 19.2. The van der Waals surface area contributed by atoms with Crippen LogP contribution in [0.1, 0.15) is 13.3 Å². The van der Waals surface area contributed by atoms with E-state index >= 15 is 0 Å². The molecule has 122 valence electrons. The highest BCUT2D eigenvalue weighted by atomic mass is 32.1. The Morgan fingerprint density at radius 3 is 2.71 bits per heavy atom. The minimum Gasteiger partial charge on any atom is -0.333 e. The molecule has 2 aromatic heterocycles. The van der Waals surface area contributed by atoms with Crippen molar-refractivity contribution in [2.75, 3.05) is 5.32 Å². The molecule has 4 rings (SSSR count). The largest absolute Gasteiger partial charge is 0.333 e. The van der Waals surface area contributed by atoms with E-state index in [1.54, 1.807) is 6.20 Å². The van der Waals surface area contributed by atoms with Gasteiger partial charge in [0.1, 0.15) is 0 Å². The molecule has 1 aliphatic carbocycles. The van der Waals surface area contributed by atoms with Crippen LogP contribution in [0.25, 0.3) is 22.0 Å². The molecular formula is C18H18N4OS. The van der Waals surface area contributed by atoms with Crippen LogP contribution in [0.3, 0.4) is 0 Å². The molecule has 5 nitrogen and oxygen atoms in total. The predicted molar refractivity (Wildman–Crippen MR) is 95.7 cm³/mol. The number of benzene rings is 1. The number of thiazole rings is 1. The molecule has 0 radical (unpaired) electrons. The minimum atomic E-state index is 0.0715. The van der Waals surface area contributed by atoms with E-state index in [2.05, 4.69) is 22.2 Å². The van der Waals surface area contributed by atoms with Crippen LogP contribution in [-0.4, -0.2) is 20.4 Å². The number of imidazole rings is 1. The third kappa shape index (κ3) is 2.73. The maximum atomic E-state index is 12.2. The molecule has 2 heterocycles. The van der Waals surface area contributed by atoms with Gasteiger partial charge in [0.25, 0.3) is 0 Å². The van der Waals surface area contributed by atoms with Gasteiger partial charge in [0, 0.05) is 30.9 Å². The predicted octanol–water partition coefficient (Wildman–Crippen LogP) is 3.81. The highest BCUT2D eigenvalue weighted by Gasteiger charge is 2.39. The van der Waals surface area contributed by atoms with Crippen LogP contribution >= 0.6 is 11.3 Å². The number of carbonyl (C=O) groups excluding carboxylic acids is 1. The summed E-state index contributed by atoms with van der Waals surface area (Å²) >= 11 is 1.47. The van der Waals surface area contributed by atoms with Crippen LogP contribution in [0, 0.1) is 11.8 Å². The fourth-order valence-electron chi connectivity index (χ4n) is 2.79. The highest BCUT2D eigenvalue weighted by Crippen LogP contribution is 2.41. The molecule has 1 aromatic carbocycles. The molecule has 0 aliphatic heterocycles. The Bertz CT molecular complexity index is 884. The van der Waals surface area contributed by atoms with Crippen molar-refractivity contribution in [1.29, 1.82) is 0 Å². The van der Waals surface area contributed by atoms with Crippen molar-refractivity contribution in [2.24, 2.45) is 18.9 Å². The zero-order valence-electron chi connectivity index (χ0n) is 13.6. The first-order valence-corrected chi connectivity index (χ1v) is 8.80. The van der Waals surface area contributed by atoms with Gasteiger partial charge in [-0.05, 0) is 12.3 Å². The summed E-state index contributed by atoms with van der Waals surface area (Å²) in [6, 6.07) is 10.0. The van der Waals surface area contributed by atoms with Crippen LogP contribution in [-0.2, 0) is 11.8 Å². The molecule has 6 heteroatoms. The van der Waals surface area contributed by atoms with Gasteiger partial charge in [0.15, 0.2) is 11.0 Å². The first kappa shape index (κ1) is 15.1. The molecule has 1 aliphatic rings.